The van der Waals surface area contributed by atoms with Crippen LogP contribution in [0.15, 0.2) is 28.7 Å². The molecule has 1 aromatic carbocycles. The molecule has 1 aromatic rings. The van der Waals surface area contributed by atoms with Crippen molar-refractivity contribution in [1.82, 2.24) is 0 Å². The average Bonchev–Trinajstić information content (AvgIpc) is 3.09. The van der Waals surface area contributed by atoms with Crippen LogP contribution >= 0.6 is 15.9 Å². The summed E-state index contributed by atoms with van der Waals surface area (Å²) in [7, 11) is -3.44. The molecule has 0 unspecified atom stereocenters. The monoisotopic (exact) mass is 375 g/mol. The van der Waals surface area contributed by atoms with Crippen LogP contribution < -0.4 is 5.73 Å². The van der Waals surface area contributed by atoms with E-state index < -0.39 is 32.5 Å². The molecule has 7 heteroatoms. The molecule has 1 saturated carbocycles. The summed E-state index contributed by atoms with van der Waals surface area (Å²) >= 11 is 3.32. The lowest BCUT2D eigenvalue weighted by atomic mass is 10.1. The molecule has 3 atom stereocenters. The SMILES string of the molecule is CCOC(=O)[C@@]1(N)[C@@H](c2ccc(Br)cc2)[C@@H]1S(=O)(=O)CC. The van der Waals surface area contributed by atoms with Gasteiger partial charge >= 0.3 is 5.97 Å². The number of sulfone groups is 1. The van der Waals surface area contributed by atoms with Crippen LogP contribution in [-0.4, -0.2) is 37.5 Å². The lowest BCUT2D eigenvalue weighted by Gasteiger charge is -2.10. The highest BCUT2D eigenvalue weighted by atomic mass is 79.9. The zero-order valence-corrected chi connectivity index (χ0v) is 14.3. The van der Waals surface area contributed by atoms with Crippen molar-refractivity contribution in [2.75, 3.05) is 12.4 Å². The van der Waals surface area contributed by atoms with Gasteiger partial charge in [-0.2, -0.15) is 0 Å². The first-order chi connectivity index (χ1) is 9.79. The van der Waals surface area contributed by atoms with Crippen LogP contribution in [0.3, 0.4) is 0 Å². The lowest BCUT2D eigenvalue weighted by Crippen LogP contribution is -2.41. The first-order valence-electron chi connectivity index (χ1n) is 6.72. The molecule has 0 radical (unpaired) electrons. The van der Waals surface area contributed by atoms with E-state index in [4.69, 9.17) is 10.5 Å². The van der Waals surface area contributed by atoms with E-state index in [0.717, 1.165) is 10.0 Å². The van der Waals surface area contributed by atoms with E-state index in [1.54, 1.807) is 38.1 Å². The smallest absolute Gasteiger partial charge is 0.328 e. The summed E-state index contributed by atoms with van der Waals surface area (Å²) in [5.41, 5.74) is 5.38. The highest BCUT2D eigenvalue weighted by Crippen LogP contribution is 2.55. The third-order valence-electron chi connectivity index (χ3n) is 3.83. The largest absolute Gasteiger partial charge is 0.465 e. The van der Waals surface area contributed by atoms with Gasteiger partial charge in [-0.05, 0) is 24.6 Å². The number of esters is 1. The van der Waals surface area contributed by atoms with Gasteiger partial charge in [-0.15, -0.1) is 0 Å². The Morgan fingerprint density at radius 2 is 1.90 bits per heavy atom. The van der Waals surface area contributed by atoms with Gasteiger partial charge in [0, 0.05) is 16.1 Å². The maximum Gasteiger partial charge on any atom is 0.328 e. The normalized spacial score (nSPS) is 28.2. The summed E-state index contributed by atoms with van der Waals surface area (Å²) < 4.78 is 30.3. The number of hydrogen-bond acceptors (Lipinski definition) is 5. The van der Waals surface area contributed by atoms with Crippen molar-refractivity contribution in [3.05, 3.63) is 34.3 Å². The van der Waals surface area contributed by atoms with Crippen LogP contribution in [-0.2, 0) is 19.4 Å². The van der Waals surface area contributed by atoms with Crippen LogP contribution in [0.4, 0.5) is 0 Å². The number of carbonyl (C=O) groups is 1. The molecular weight excluding hydrogens is 358 g/mol. The Bertz CT molecular complexity index is 643. The molecule has 5 nitrogen and oxygen atoms in total. The lowest BCUT2D eigenvalue weighted by molar-refractivity contribution is -0.145. The molecule has 1 aliphatic rings. The number of hydrogen-bond donors (Lipinski definition) is 1. The molecule has 2 N–H and O–H groups in total. The van der Waals surface area contributed by atoms with E-state index in [9.17, 15) is 13.2 Å². The van der Waals surface area contributed by atoms with Gasteiger partial charge < -0.3 is 10.5 Å². The van der Waals surface area contributed by atoms with E-state index in [1.165, 1.54) is 0 Å². The third-order valence-corrected chi connectivity index (χ3v) is 6.60. The van der Waals surface area contributed by atoms with Gasteiger partial charge in [-0.1, -0.05) is 35.0 Å². The highest BCUT2D eigenvalue weighted by molar-refractivity contribution is 9.10. The topological polar surface area (TPSA) is 86.5 Å². The second kappa shape index (κ2) is 5.70. The molecule has 0 saturated heterocycles. The molecular formula is C14H18BrNO4S. The molecule has 0 bridgehead atoms. The Labute approximate surface area is 132 Å². The number of benzene rings is 1. The van der Waals surface area contributed by atoms with E-state index in [0.29, 0.717) is 0 Å². The number of rotatable bonds is 5. The zero-order valence-electron chi connectivity index (χ0n) is 11.9. The molecule has 0 aliphatic heterocycles. The first-order valence-corrected chi connectivity index (χ1v) is 9.23. The Morgan fingerprint density at radius 3 is 2.38 bits per heavy atom. The predicted molar refractivity (Wildman–Crippen MR) is 83.7 cm³/mol. The second-order valence-corrected chi connectivity index (χ2v) is 8.38. The third kappa shape index (κ3) is 2.74. The van der Waals surface area contributed by atoms with E-state index >= 15 is 0 Å². The standard InChI is InChI=1S/C14H18BrNO4S/c1-3-20-13(17)14(16)11(12(14)21(18,19)4-2)9-5-7-10(15)8-6-9/h5-8,11-12H,3-4,16H2,1-2H3/t11-,12-,14+/m0/s1. The van der Waals surface area contributed by atoms with E-state index in [-0.39, 0.29) is 12.4 Å². The maximum atomic E-state index is 12.2. The second-order valence-electron chi connectivity index (χ2n) is 5.05. The first kappa shape index (κ1) is 16.5. The Kier molecular flexibility index (Phi) is 4.46. The summed E-state index contributed by atoms with van der Waals surface area (Å²) in [4.78, 5) is 12.1. The minimum absolute atomic E-state index is 0.0525. The van der Waals surface area contributed by atoms with Gasteiger partial charge in [0.15, 0.2) is 9.84 Å². The molecule has 21 heavy (non-hydrogen) atoms. The van der Waals surface area contributed by atoms with Crippen LogP contribution in [0.1, 0.15) is 25.3 Å². The van der Waals surface area contributed by atoms with E-state index in [1.807, 2.05) is 0 Å². The fraction of sp³-hybridized carbons (Fsp3) is 0.500. The van der Waals surface area contributed by atoms with Crippen LogP contribution in [0, 0.1) is 0 Å². The van der Waals surface area contributed by atoms with Crippen molar-refractivity contribution >= 4 is 31.7 Å². The Morgan fingerprint density at radius 1 is 1.33 bits per heavy atom. The molecule has 1 fully saturated rings. The fourth-order valence-corrected chi connectivity index (χ4v) is 4.86. The van der Waals surface area contributed by atoms with Gasteiger partial charge in [0.05, 0.1) is 11.9 Å². The molecule has 0 spiro atoms. The van der Waals surface area contributed by atoms with Crippen molar-refractivity contribution in [3.8, 4) is 0 Å². The minimum atomic E-state index is -3.44. The highest BCUT2D eigenvalue weighted by Gasteiger charge is 2.74. The summed E-state index contributed by atoms with van der Waals surface area (Å²) in [6, 6.07) is 7.16. The summed E-state index contributed by atoms with van der Waals surface area (Å²) in [6.45, 7) is 3.39. The van der Waals surface area contributed by atoms with Crippen LogP contribution in [0.2, 0.25) is 0 Å². The van der Waals surface area contributed by atoms with Gasteiger partial charge in [0.1, 0.15) is 5.54 Å². The van der Waals surface area contributed by atoms with Gasteiger partial charge in [0.2, 0.25) is 0 Å². The average molecular weight is 376 g/mol. The van der Waals surface area contributed by atoms with Gasteiger partial charge in [-0.25, -0.2) is 13.2 Å². The molecule has 0 heterocycles. The number of carbonyl (C=O) groups excluding carboxylic acids is 1. The summed E-state index contributed by atoms with van der Waals surface area (Å²) in [6.07, 6.45) is 0. The Balaban J connectivity index is 2.42. The number of halogens is 1. The Hall–Kier alpha value is -0.920. The minimum Gasteiger partial charge on any atom is -0.465 e. The maximum absolute atomic E-state index is 12.2. The number of ether oxygens (including phenoxy) is 1. The predicted octanol–water partition coefficient (Wildman–Crippen LogP) is 1.61. The van der Waals surface area contributed by atoms with Crippen molar-refractivity contribution in [2.24, 2.45) is 5.73 Å². The van der Waals surface area contributed by atoms with E-state index in [2.05, 4.69) is 15.9 Å². The summed E-state index contributed by atoms with van der Waals surface area (Å²) in [5, 5.41) is -0.921. The van der Waals surface area contributed by atoms with Crippen LogP contribution in [0.25, 0.3) is 0 Å². The number of nitrogens with two attached hydrogens (primary N) is 1. The van der Waals surface area contributed by atoms with Crippen molar-refractivity contribution in [2.45, 2.75) is 30.6 Å². The van der Waals surface area contributed by atoms with Crippen molar-refractivity contribution in [3.63, 3.8) is 0 Å². The molecule has 2 rings (SSSR count). The quantitative estimate of drug-likeness (QED) is 0.789. The van der Waals surface area contributed by atoms with Gasteiger partial charge in [0.25, 0.3) is 0 Å². The molecule has 0 aromatic heterocycles. The zero-order chi connectivity index (χ0) is 15.8. The fourth-order valence-electron chi connectivity index (χ4n) is 2.68. The van der Waals surface area contributed by atoms with Crippen molar-refractivity contribution in [1.29, 1.82) is 0 Å². The molecule has 1 aliphatic carbocycles. The molecule has 116 valence electrons. The molecule has 0 amide bonds. The van der Waals surface area contributed by atoms with Crippen molar-refractivity contribution < 1.29 is 17.9 Å². The van der Waals surface area contributed by atoms with Gasteiger partial charge in [-0.3, -0.25) is 0 Å². The summed E-state index contributed by atoms with van der Waals surface area (Å²) in [5.74, 6) is -1.27. The van der Waals surface area contributed by atoms with Crippen LogP contribution in [0.5, 0.6) is 0 Å².